The van der Waals surface area contributed by atoms with Gasteiger partial charge in [-0.15, -0.1) is 0 Å². The van der Waals surface area contributed by atoms with E-state index in [4.69, 9.17) is 4.42 Å². The van der Waals surface area contributed by atoms with Gasteiger partial charge in [-0.2, -0.15) is 0 Å². The van der Waals surface area contributed by atoms with Crippen molar-refractivity contribution in [2.45, 2.75) is 19.0 Å². The maximum atomic E-state index is 12.4. The molecule has 122 valence electrons. The van der Waals surface area contributed by atoms with Gasteiger partial charge in [0.1, 0.15) is 11.8 Å². The van der Waals surface area contributed by atoms with Gasteiger partial charge in [-0.1, -0.05) is 30.3 Å². The van der Waals surface area contributed by atoms with Crippen LogP contribution in [-0.4, -0.2) is 37.0 Å². The minimum Gasteiger partial charge on any atom is -0.467 e. The van der Waals surface area contributed by atoms with Crippen molar-refractivity contribution in [1.82, 2.24) is 15.5 Å². The van der Waals surface area contributed by atoms with Crippen LogP contribution in [0.15, 0.2) is 53.1 Å². The Morgan fingerprint density at radius 1 is 1.13 bits per heavy atom. The van der Waals surface area contributed by atoms with Crippen molar-refractivity contribution in [1.29, 1.82) is 0 Å². The molecule has 1 heterocycles. The van der Waals surface area contributed by atoms with Crippen molar-refractivity contribution in [3.63, 3.8) is 0 Å². The predicted molar refractivity (Wildman–Crippen MR) is 86.7 cm³/mol. The van der Waals surface area contributed by atoms with Crippen molar-refractivity contribution in [2.75, 3.05) is 14.1 Å². The third kappa shape index (κ3) is 5.18. The van der Waals surface area contributed by atoms with Crippen molar-refractivity contribution in [3.05, 3.63) is 60.1 Å². The smallest absolute Gasteiger partial charge is 0.317 e. The molecular weight excluding hydrogens is 294 g/mol. The summed E-state index contributed by atoms with van der Waals surface area (Å²) >= 11 is 0. The van der Waals surface area contributed by atoms with Gasteiger partial charge in [0.05, 0.1) is 12.8 Å². The van der Waals surface area contributed by atoms with Crippen LogP contribution in [0.1, 0.15) is 11.3 Å². The second-order valence-corrected chi connectivity index (χ2v) is 5.38. The average molecular weight is 315 g/mol. The number of urea groups is 1. The summed E-state index contributed by atoms with van der Waals surface area (Å²) in [5, 5.41) is 5.52. The number of rotatable bonds is 6. The zero-order valence-corrected chi connectivity index (χ0v) is 13.3. The van der Waals surface area contributed by atoms with E-state index < -0.39 is 6.04 Å². The summed E-state index contributed by atoms with van der Waals surface area (Å²) in [7, 11) is 3.27. The molecule has 3 amide bonds. The van der Waals surface area contributed by atoms with Gasteiger partial charge < -0.3 is 20.0 Å². The normalized spacial score (nSPS) is 11.6. The predicted octanol–water partition coefficient (Wildman–Crippen LogP) is 1.78. The first-order valence-corrected chi connectivity index (χ1v) is 7.38. The summed E-state index contributed by atoms with van der Waals surface area (Å²) in [5.41, 5.74) is 0.977. The molecule has 0 fully saturated rings. The second kappa shape index (κ2) is 8.03. The highest BCUT2D eigenvalue weighted by Gasteiger charge is 2.22. The lowest BCUT2D eigenvalue weighted by molar-refractivity contribution is -0.123. The van der Waals surface area contributed by atoms with Gasteiger partial charge in [0.2, 0.25) is 5.91 Å². The van der Waals surface area contributed by atoms with E-state index in [0.717, 1.165) is 5.56 Å². The fourth-order valence-corrected chi connectivity index (χ4v) is 2.05. The van der Waals surface area contributed by atoms with Crippen LogP contribution in [0.4, 0.5) is 4.79 Å². The van der Waals surface area contributed by atoms with Gasteiger partial charge in [0, 0.05) is 20.5 Å². The van der Waals surface area contributed by atoms with Gasteiger partial charge in [0.15, 0.2) is 0 Å². The number of amides is 3. The maximum absolute atomic E-state index is 12.4. The molecule has 0 saturated heterocycles. The summed E-state index contributed by atoms with van der Waals surface area (Å²) in [6.07, 6.45) is 1.97. The third-order valence-corrected chi connectivity index (χ3v) is 3.32. The largest absolute Gasteiger partial charge is 0.467 e. The number of nitrogens with zero attached hydrogens (tertiary/aromatic N) is 1. The van der Waals surface area contributed by atoms with Crippen LogP contribution < -0.4 is 10.6 Å². The third-order valence-electron chi connectivity index (χ3n) is 3.32. The fourth-order valence-electron chi connectivity index (χ4n) is 2.05. The number of hydrogen-bond acceptors (Lipinski definition) is 3. The zero-order valence-electron chi connectivity index (χ0n) is 13.3. The van der Waals surface area contributed by atoms with Crippen LogP contribution in [0, 0.1) is 0 Å². The van der Waals surface area contributed by atoms with Crippen molar-refractivity contribution >= 4 is 11.9 Å². The fraction of sp³-hybridized carbons (Fsp3) is 0.294. The number of hydrogen-bond donors (Lipinski definition) is 2. The van der Waals surface area contributed by atoms with Gasteiger partial charge in [-0.25, -0.2) is 4.79 Å². The second-order valence-electron chi connectivity index (χ2n) is 5.38. The van der Waals surface area contributed by atoms with E-state index in [0.29, 0.717) is 12.2 Å². The molecule has 0 aliphatic heterocycles. The van der Waals surface area contributed by atoms with Gasteiger partial charge in [-0.05, 0) is 17.7 Å². The van der Waals surface area contributed by atoms with Crippen LogP contribution >= 0.6 is 0 Å². The highest BCUT2D eigenvalue weighted by atomic mass is 16.3. The van der Waals surface area contributed by atoms with Crippen LogP contribution in [0.3, 0.4) is 0 Å². The molecule has 0 aliphatic carbocycles. The lowest BCUT2D eigenvalue weighted by Gasteiger charge is -2.21. The Balaban J connectivity index is 2.02. The van der Waals surface area contributed by atoms with E-state index in [1.807, 2.05) is 30.3 Å². The minimum absolute atomic E-state index is 0.250. The Morgan fingerprint density at radius 2 is 1.87 bits per heavy atom. The van der Waals surface area contributed by atoms with Crippen LogP contribution in [-0.2, 0) is 17.8 Å². The summed E-state index contributed by atoms with van der Waals surface area (Å²) in [6, 6.07) is 12.2. The quantitative estimate of drug-likeness (QED) is 0.853. The van der Waals surface area contributed by atoms with E-state index in [-0.39, 0.29) is 18.5 Å². The van der Waals surface area contributed by atoms with Gasteiger partial charge in [0.25, 0.3) is 0 Å². The Bertz CT molecular complexity index is 624. The first kappa shape index (κ1) is 16.6. The molecule has 1 aromatic carbocycles. The van der Waals surface area contributed by atoms with Gasteiger partial charge >= 0.3 is 6.03 Å². The number of carbonyl (C=O) groups is 2. The molecule has 6 heteroatoms. The van der Waals surface area contributed by atoms with Crippen LogP contribution in [0.25, 0.3) is 0 Å². The standard InChI is InChI=1S/C17H21N3O3/c1-20(2)17(22)19-15(11-13-7-4-3-5-8-13)16(21)18-12-14-9-6-10-23-14/h3-10,15H,11-12H2,1-2H3,(H,18,21)(H,19,22)/t15-/m0/s1. The minimum atomic E-state index is -0.651. The molecular formula is C17H21N3O3. The average Bonchev–Trinajstić information content (AvgIpc) is 3.06. The first-order chi connectivity index (χ1) is 11.1. The Hall–Kier alpha value is -2.76. The molecule has 0 unspecified atom stereocenters. The molecule has 1 atom stereocenters. The van der Waals surface area contributed by atoms with Crippen molar-refractivity contribution in [2.24, 2.45) is 0 Å². The highest BCUT2D eigenvalue weighted by molar-refractivity contribution is 5.87. The first-order valence-electron chi connectivity index (χ1n) is 7.38. The SMILES string of the molecule is CN(C)C(=O)N[C@@H](Cc1ccccc1)C(=O)NCc1ccco1. The lowest BCUT2D eigenvalue weighted by atomic mass is 10.1. The Morgan fingerprint density at radius 3 is 2.48 bits per heavy atom. The number of furan rings is 1. The van der Waals surface area contributed by atoms with Crippen molar-refractivity contribution < 1.29 is 14.0 Å². The maximum Gasteiger partial charge on any atom is 0.317 e. The molecule has 6 nitrogen and oxygen atoms in total. The van der Waals surface area contributed by atoms with E-state index >= 15 is 0 Å². The molecule has 0 saturated carbocycles. The highest BCUT2D eigenvalue weighted by Crippen LogP contribution is 2.05. The van der Waals surface area contributed by atoms with Crippen LogP contribution in [0.2, 0.25) is 0 Å². The molecule has 1 aromatic heterocycles. The molecule has 2 aromatic rings. The summed E-state index contributed by atoms with van der Waals surface area (Å²) in [4.78, 5) is 25.7. The molecule has 0 bridgehead atoms. The molecule has 23 heavy (non-hydrogen) atoms. The monoisotopic (exact) mass is 315 g/mol. The number of carbonyl (C=O) groups excluding carboxylic acids is 2. The molecule has 0 spiro atoms. The molecule has 0 radical (unpaired) electrons. The van der Waals surface area contributed by atoms with E-state index in [1.54, 1.807) is 32.5 Å². The molecule has 2 N–H and O–H groups in total. The Kier molecular flexibility index (Phi) is 5.80. The summed E-state index contributed by atoms with van der Waals surface area (Å²) in [6.45, 7) is 0.287. The number of benzene rings is 1. The number of nitrogens with one attached hydrogen (secondary N) is 2. The molecule has 0 aliphatic rings. The summed E-state index contributed by atoms with van der Waals surface area (Å²) < 4.78 is 5.19. The lowest BCUT2D eigenvalue weighted by Crippen LogP contribution is -2.50. The van der Waals surface area contributed by atoms with Crippen LogP contribution in [0.5, 0.6) is 0 Å². The Labute approximate surface area is 135 Å². The van der Waals surface area contributed by atoms with Gasteiger partial charge in [-0.3, -0.25) is 4.79 Å². The van der Waals surface area contributed by atoms with E-state index in [9.17, 15) is 9.59 Å². The van der Waals surface area contributed by atoms with Crippen molar-refractivity contribution in [3.8, 4) is 0 Å². The topological polar surface area (TPSA) is 74.6 Å². The van der Waals surface area contributed by atoms with E-state index in [2.05, 4.69) is 10.6 Å². The molecule has 2 rings (SSSR count). The summed E-state index contributed by atoms with van der Waals surface area (Å²) in [5.74, 6) is 0.413. The zero-order chi connectivity index (χ0) is 16.7. The van der Waals surface area contributed by atoms with E-state index in [1.165, 1.54) is 4.90 Å².